The van der Waals surface area contributed by atoms with Crippen LogP contribution in [-0.4, -0.2) is 12.4 Å². The van der Waals surface area contributed by atoms with E-state index >= 15 is 0 Å². The number of carbonyl (C=O) groups is 1. The van der Waals surface area contributed by atoms with Gasteiger partial charge in [0.25, 0.3) is 0 Å². The number of ketones is 1. The second kappa shape index (κ2) is 4.18. The van der Waals surface area contributed by atoms with Gasteiger partial charge in [-0.3, -0.25) is 4.79 Å². The largest absolute Gasteiger partial charge is 0.493 e. The molecule has 0 fully saturated rings. The van der Waals surface area contributed by atoms with E-state index in [2.05, 4.69) is 5.92 Å². The van der Waals surface area contributed by atoms with Crippen LogP contribution in [-0.2, 0) is 4.79 Å². The minimum absolute atomic E-state index is 0.0778. The highest BCUT2D eigenvalue weighted by molar-refractivity contribution is 5.88. The van der Waals surface area contributed by atoms with Crippen LogP contribution >= 0.6 is 0 Å². The van der Waals surface area contributed by atoms with Gasteiger partial charge in [-0.2, -0.15) is 0 Å². The summed E-state index contributed by atoms with van der Waals surface area (Å²) in [4.78, 5) is 11.8. The molecule has 2 rings (SSSR count). The highest BCUT2D eigenvalue weighted by atomic mass is 16.5. The van der Waals surface area contributed by atoms with E-state index in [1.54, 1.807) is 0 Å². The van der Waals surface area contributed by atoms with Crippen molar-refractivity contribution in [2.24, 2.45) is 0 Å². The molecule has 1 aliphatic rings. The summed E-state index contributed by atoms with van der Waals surface area (Å²) in [5.74, 6) is 3.26. The Morgan fingerprint density at radius 3 is 3.13 bits per heavy atom. The van der Waals surface area contributed by atoms with Crippen molar-refractivity contribution in [3.05, 3.63) is 29.8 Å². The predicted octanol–water partition coefficient (Wildman–Crippen LogP) is 2.15. The van der Waals surface area contributed by atoms with Gasteiger partial charge in [-0.25, -0.2) is 0 Å². The van der Waals surface area contributed by atoms with Crippen LogP contribution in [0.5, 0.6) is 5.75 Å². The van der Waals surface area contributed by atoms with Gasteiger partial charge in [-0.15, -0.1) is 6.42 Å². The number of carbonyl (C=O) groups excluding carboxylic acids is 1. The molecule has 2 heteroatoms. The highest BCUT2D eigenvalue weighted by Gasteiger charge is 2.26. The summed E-state index contributed by atoms with van der Waals surface area (Å²) in [6, 6.07) is 7.66. The summed E-state index contributed by atoms with van der Waals surface area (Å²) in [6.45, 7) is 0.595. The van der Waals surface area contributed by atoms with Gasteiger partial charge in [0.1, 0.15) is 5.75 Å². The second-order valence-electron chi connectivity index (χ2n) is 3.57. The van der Waals surface area contributed by atoms with E-state index in [4.69, 9.17) is 11.2 Å². The number of terminal acetylenes is 1. The Balaban J connectivity index is 2.30. The van der Waals surface area contributed by atoms with Gasteiger partial charge < -0.3 is 4.74 Å². The van der Waals surface area contributed by atoms with E-state index in [1.807, 2.05) is 24.3 Å². The summed E-state index contributed by atoms with van der Waals surface area (Å²) in [7, 11) is 0. The maximum Gasteiger partial charge on any atom is 0.152 e. The normalized spacial score (nSPS) is 18.5. The van der Waals surface area contributed by atoms with Crippen LogP contribution in [0, 0.1) is 12.3 Å². The Bertz CT molecular complexity index is 415. The number of hydrogen-bond donors (Lipinski definition) is 0. The molecular formula is C13H12O2. The van der Waals surface area contributed by atoms with Crippen LogP contribution in [0.2, 0.25) is 0 Å². The molecule has 1 aromatic carbocycles. The fourth-order valence-electron chi connectivity index (χ4n) is 1.90. The minimum Gasteiger partial charge on any atom is -0.493 e. The van der Waals surface area contributed by atoms with E-state index in [1.165, 1.54) is 0 Å². The lowest BCUT2D eigenvalue weighted by atomic mass is 9.88. The van der Waals surface area contributed by atoms with Crippen LogP contribution in [0.4, 0.5) is 0 Å². The summed E-state index contributed by atoms with van der Waals surface area (Å²) < 4.78 is 5.48. The SMILES string of the molecule is C#CCC(=O)C1CCOc2ccccc21. The molecule has 0 aliphatic carbocycles. The van der Waals surface area contributed by atoms with Crippen LogP contribution in [0.25, 0.3) is 0 Å². The Morgan fingerprint density at radius 1 is 1.53 bits per heavy atom. The number of ether oxygens (including phenoxy) is 1. The van der Waals surface area contributed by atoms with Crippen molar-refractivity contribution in [1.82, 2.24) is 0 Å². The topological polar surface area (TPSA) is 26.3 Å². The average molecular weight is 200 g/mol. The lowest BCUT2D eigenvalue weighted by Gasteiger charge is -2.24. The predicted molar refractivity (Wildman–Crippen MR) is 57.8 cm³/mol. The van der Waals surface area contributed by atoms with Gasteiger partial charge in [-0.1, -0.05) is 24.1 Å². The zero-order valence-electron chi connectivity index (χ0n) is 8.40. The van der Waals surface area contributed by atoms with Crippen LogP contribution < -0.4 is 4.74 Å². The molecule has 0 spiro atoms. The average Bonchev–Trinajstić information content (AvgIpc) is 2.28. The first-order chi connectivity index (χ1) is 7.33. The van der Waals surface area contributed by atoms with E-state index in [0.29, 0.717) is 6.61 Å². The van der Waals surface area contributed by atoms with Gasteiger partial charge in [0.15, 0.2) is 5.78 Å². The van der Waals surface area contributed by atoms with Crippen molar-refractivity contribution in [1.29, 1.82) is 0 Å². The molecule has 1 unspecified atom stereocenters. The summed E-state index contributed by atoms with van der Waals surface area (Å²) >= 11 is 0. The Kier molecular flexibility index (Phi) is 2.73. The van der Waals surface area contributed by atoms with Gasteiger partial charge in [0.05, 0.1) is 18.9 Å². The van der Waals surface area contributed by atoms with Gasteiger partial charge in [-0.05, 0) is 12.5 Å². The second-order valence-corrected chi connectivity index (χ2v) is 3.57. The molecule has 1 atom stereocenters. The first-order valence-electron chi connectivity index (χ1n) is 5.01. The molecule has 15 heavy (non-hydrogen) atoms. The number of para-hydroxylation sites is 1. The van der Waals surface area contributed by atoms with Crippen molar-refractivity contribution < 1.29 is 9.53 Å². The monoisotopic (exact) mass is 200 g/mol. The summed E-state index contributed by atoms with van der Waals surface area (Å²) in [5, 5.41) is 0. The lowest BCUT2D eigenvalue weighted by Crippen LogP contribution is -2.20. The Labute approximate surface area is 89.3 Å². The molecule has 76 valence electrons. The molecule has 2 nitrogen and oxygen atoms in total. The van der Waals surface area contributed by atoms with E-state index in [0.717, 1.165) is 17.7 Å². The third-order valence-electron chi connectivity index (χ3n) is 2.62. The van der Waals surface area contributed by atoms with E-state index < -0.39 is 0 Å². The molecule has 0 amide bonds. The van der Waals surface area contributed by atoms with Crippen LogP contribution in [0.1, 0.15) is 24.3 Å². The zero-order valence-corrected chi connectivity index (χ0v) is 8.40. The number of fused-ring (bicyclic) bond motifs is 1. The number of rotatable bonds is 2. The first kappa shape index (κ1) is 9.79. The first-order valence-corrected chi connectivity index (χ1v) is 5.01. The highest BCUT2D eigenvalue weighted by Crippen LogP contribution is 2.34. The molecule has 0 radical (unpaired) electrons. The molecule has 1 aromatic rings. The Hall–Kier alpha value is -1.75. The molecular weight excluding hydrogens is 188 g/mol. The number of benzene rings is 1. The van der Waals surface area contributed by atoms with Gasteiger partial charge in [0, 0.05) is 5.56 Å². The van der Waals surface area contributed by atoms with Crippen molar-refractivity contribution >= 4 is 5.78 Å². The smallest absolute Gasteiger partial charge is 0.152 e. The van der Waals surface area contributed by atoms with Crippen LogP contribution in [0.3, 0.4) is 0 Å². The van der Waals surface area contributed by atoms with E-state index in [9.17, 15) is 4.79 Å². The lowest BCUT2D eigenvalue weighted by molar-refractivity contribution is -0.120. The maximum absolute atomic E-state index is 11.8. The summed E-state index contributed by atoms with van der Waals surface area (Å²) in [5.41, 5.74) is 0.976. The molecule has 1 aliphatic heterocycles. The number of hydrogen-bond acceptors (Lipinski definition) is 2. The standard InChI is InChI=1S/C13H12O2/c1-2-5-12(14)10-8-9-15-13-7-4-3-6-11(10)13/h1,3-4,6-7,10H,5,8-9H2. The summed E-state index contributed by atoms with van der Waals surface area (Å²) in [6.07, 6.45) is 6.09. The molecule has 0 bridgehead atoms. The fourth-order valence-corrected chi connectivity index (χ4v) is 1.90. The Morgan fingerprint density at radius 2 is 2.33 bits per heavy atom. The molecule has 0 saturated heterocycles. The van der Waals surface area contributed by atoms with Crippen molar-refractivity contribution in [2.45, 2.75) is 18.8 Å². The van der Waals surface area contributed by atoms with Crippen molar-refractivity contribution in [3.63, 3.8) is 0 Å². The molecule has 0 N–H and O–H groups in total. The number of Topliss-reactive ketones (excluding diaryl/α,β-unsaturated/α-hetero) is 1. The molecule has 1 heterocycles. The van der Waals surface area contributed by atoms with Crippen molar-refractivity contribution in [2.75, 3.05) is 6.61 Å². The minimum atomic E-state index is -0.0778. The van der Waals surface area contributed by atoms with E-state index in [-0.39, 0.29) is 18.1 Å². The van der Waals surface area contributed by atoms with Gasteiger partial charge >= 0.3 is 0 Å². The fraction of sp³-hybridized carbons (Fsp3) is 0.308. The quantitative estimate of drug-likeness (QED) is 0.684. The molecule has 0 saturated carbocycles. The zero-order chi connectivity index (χ0) is 10.7. The third-order valence-corrected chi connectivity index (χ3v) is 2.62. The van der Waals surface area contributed by atoms with Gasteiger partial charge in [0.2, 0.25) is 0 Å². The molecule has 0 aromatic heterocycles. The van der Waals surface area contributed by atoms with Crippen LogP contribution in [0.15, 0.2) is 24.3 Å². The van der Waals surface area contributed by atoms with Crippen molar-refractivity contribution in [3.8, 4) is 18.1 Å². The maximum atomic E-state index is 11.8. The third kappa shape index (κ3) is 1.87.